The Morgan fingerprint density at radius 3 is 2.77 bits per heavy atom. The largest absolute Gasteiger partial charge is 0.298 e. The van der Waals surface area contributed by atoms with Gasteiger partial charge in [0, 0.05) is 6.42 Å². The van der Waals surface area contributed by atoms with Gasteiger partial charge in [-0.3, -0.25) is 4.79 Å². The van der Waals surface area contributed by atoms with E-state index in [0.29, 0.717) is 5.56 Å². The molecule has 0 spiro atoms. The molecule has 0 aliphatic carbocycles. The molecule has 1 aromatic carbocycles. The maximum atomic E-state index is 13.2. The first-order valence-electron chi connectivity index (χ1n) is 3.97. The van der Waals surface area contributed by atoms with Crippen LogP contribution in [0.2, 0.25) is 0 Å². The minimum Gasteiger partial charge on any atom is -0.298 e. The predicted molar refractivity (Wildman–Crippen MR) is 53.6 cm³/mol. The molecular formula is C10H10BrFO. The van der Waals surface area contributed by atoms with Gasteiger partial charge in [-0.05, 0) is 24.1 Å². The van der Waals surface area contributed by atoms with Crippen LogP contribution in [0.1, 0.15) is 11.1 Å². The van der Waals surface area contributed by atoms with Crippen LogP contribution in [-0.4, -0.2) is 11.1 Å². The van der Waals surface area contributed by atoms with Crippen molar-refractivity contribution >= 4 is 21.7 Å². The molecule has 0 aliphatic heterocycles. The Balaban J connectivity index is 2.93. The molecule has 1 rings (SSSR count). The van der Waals surface area contributed by atoms with Gasteiger partial charge in [0.15, 0.2) is 0 Å². The van der Waals surface area contributed by atoms with Crippen molar-refractivity contribution in [2.75, 3.05) is 5.33 Å². The van der Waals surface area contributed by atoms with Crippen LogP contribution >= 0.6 is 15.9 Å². The number of hydrogen-bond donors (Lipinski definition) is 0. The van der Waals surface area contributed by atoms with Crippen LogP contribution in [-0.2, 0) is 11.2 Å². The topological polar surface area (TPSA) is 17.1 Å². The average Bonchev–Trinajstić information content (AvgIpc) is 2.11. The summed E-state index contributed by atoms with van der Waals surface area (Å²) >= 11 is 3.05. The number of carbonyl (C=O) groups excluding carboxylic acids is 1. The molecule has 0 amide bonds. The highest BCUT2D eigenvalue weighted by molar-refractivity contribution is 9.09. The second-order valence-corrected chi connectivity index (χ2v) is 3.45. The summed E-state index contributed by atoms with van der Waals surface area (Å²) in [5, 5.41) is 0.279. The van der Waals surface area contributed by atoms with E-state index in [1.54, 1.807) is 19.1 Å². The molecule has 0 bridgehead atoms. The lowest BCUT2D eigenvalue weighted by Crippen LogP contribution is -2.06. The lowest BCUT2D eigenvalue weighted by Gasteiger charge is -2.04. The Labute approximate surface area is 85.1 Å². The summed E-state index contributed by atoms with van der Waals surface area (Å²) in [4.78, 5) is 11.1. The highest BCUT2D eigenvalue weighted by Gasteiger charge is 2.08. The molecule has 0 aliphatic rings. The first-order chi connectivity index (χ1) is 6.15. The lowest BCUT2D eigenvalue weighted by atomic mass is 10.0. The molecule has 0 unspecified atom stereocenters. The van der Waals surface area contributed by atoms with Crippen molar-refractivity contribution in [1.29, 1.82) is 0 Å². The Morgan fingerprint density at radius 1 is 1.54 bits per heavy atom. The number of hydrogen-bond acceptors (Lipinski definition) is 1. The van der Waals surface area contributed by atoms with E-state index in [1.165, 1.54) is 6.07 Å². The van der Waals surface area contributed by atoms with E-state index < -0.39 is 0 Å². The molecular weight excluding hydrogens is 235 g/mol. The Morgan fingerprint density at radius 2 is 2.23 bits per heavy atom. The molecule has 0 atom stereocenters. The van der Waals surface area contributed by atoms with E-state index in [4.69, 9.17) is 0 Å². The first-order valence-corrected chi connectivity index (χ1v) is 5.09. The molecule has 0 fully saturated rings. The quantitative estimate of drug-likeness (QED) is 0.748. The minimum atomic E-state index is -0.297. The average molecular weight is 245 g/mol. The van der Waals surface area contributed by atoms with Crippen molar-refractivity contribution in [3.63, 3.8) is 0 Å². The van der Waals surface area contributed by atoms with Crippen molar-refractivity contribution in [3.05, 3.63) is 35.1 Å². The molecule has 0 radical (unpaired) electrons. The standard InChI is InChI=1S/C10H10BrFO/c1-7-3-2-4-10(12)9(7)5-8(13)6-11/h2-4H,5-6H2,1H3. The van der Waals surface area contributed by atoms with E-state index in [2.05, 4.69) is 15.9 Å². The van der Waals surface area contributed by atoms with E-state index in [9.17, 15) is 9.18 Å². The lowest BCUT2D eigenvalue weighted by molar-refractivity contribution is -0.115. The molecule has 0 N–H and O–H groups in total. The first kappa shape index (κ1) is 10.4. The third-order valence-corrected chi connectivity index (χ3v) is 2.50. The number of Topliss-reactive ketones (excluding diaryl/α,β-unsaturated/α-hetero) is 1. The summed E-state index contributed by atoms with van der Waals surface area (Å²) in [6, 6.07) is 4.83. The van der Waals surface area contributed by atoms with Gasteiger partial charge >= 0.3 is 0 Å². The SMILES string of the molecule is Cc1cccc(F)c1CC(=O)CBr. The Kier molecular flexibility index (Phi) is 3.60. The highest BCUT2D eigenvalue weighted by atomic mass is 79.9. The van der Waals surface area contributed by atoms with Gasteiger partial charge in [0.1, 0.15) is 11.6 Å². The van der Waals surface area contributed by atoms with E-state index >= 15 is 0 Å². The van der Waals surface area contributed by atoms with Gasteiger partial charge in [-0.25, -0.2) is 4.39 Å². The second-order valence-electron chi connectivity index (χ2n) is 2.88. The van der Waals surface area contributed by atoms with Gasteiger partial charge in [0.25, 0.3) is 0 Å². The van der Waals surface area contributed by atoms with Crippen LogP contribution in [0.25, 0.3) is 0 Å². The minimum absolute atomic E-state index is 0.00630. The van der Waals surface area contributed by atoms with E-state index in [-0.39, 0.29) is 23.4 Å². The zero-order valence-electron chi connectivity index (χ0n) is 7.31. The number of alkyl halides is 1. The van der Waals surface area contributed by atoms with Crippen LogP contribution in [0.3, 0.4) is 0 Å². The van der Waals surface area contributed by atoms with Crippen LogP contribution < -0.4 is 0 Å². The molecule has 0 saturated carbocycles. The third kappa shape index (κ3) is 2.62. The summed E-state index contributed by atoms with van der Waals surface area (Å²) in [6.45, 7) is 1.81. The summed E-state index contributed by atoms with van der Waals surface area (Å²) in [7, 11) is 0. The third-order valence-electron chi connectivity index (χ3n) is 1.88. The van der Waals surface area contributed by atoms with Gasteiger partial charge in [-0.2, -0.15) is 0 Å². The monoisotopic (exact) mass is 244 g/mol. The van der Waals surface area contributed by atoms with E-state index in [0.717, 1.165) is 5.56 Å². The van der Waals surface area contributed by atoms with Crippen molar-refractivity contribution < 1.29 is 9.18 Å². The second kappa shape index (κ2) is 4.51. The number of aryl methyl sites for hydroxylation is 1. The van der Waals surface area contributed by atoms with Crippen LogP contribution in [0.5, 0.6) is 0 Å². The fraction of sp³-hybridized carbons (Fsp3) is 0.300. The van der Waals surface area contributed by atoms with Crippen molar-refractivity contribution in [2.45, 2.75) is 13.3 Å². The maximum absolute atomic E-state index is 13.2. The summed E-state index contributed by atoms with van der Waals surface area (Å²) < 4.78 is 13.2. The number of rotatable bonds is 3. The summed E-state index contributed by atoms with van der Waals surface area (Å²) in [5.41, 5.74) is 1.33. The van der Waals surface area contributed by atoms with Gasteiger partial charge in [0.2, 0.25) is 0 Å². The summed E-state index contributed by atoms with van der Waals surface area (Å²) in [6.07, 6.45) is 0.170. The molecule has 13 heavy (non-hydrogen) atoms. The number of benzene rings is 1. The Hall–Kier alpha value is -0.700. The number of carbonyl (C=O) groups is 1. The van der Waals surface area contributed by atoms with Crippen molar-refractivity contribution in [2.24, 2.45) is 0 Å². The zero-order chi connectivity index (χ0) is 9.84. The van der Waals surface area contributed by atoms with Crippen molar-refractivity contribution in [1.82, 2.24) is 0 Å². The molecule has 0 aromatic heterocycles. The van der Waals surface area contributed by atoms with Crippen molar-refractivity contribution in [3.8, 4) is 0 Å². The van der Waals surface area contributed by atoms with Crippen LogP contribution in [0, 0.1) is 12.7 Å². The fourth-order valence-corrected chi connectivity index (χ4v) is 1.33. The molecule has 70 valence electrons. The molecule has 0 saturated heterocycles. The fourth-order valence-electron chi connectivity index (χ4n) is 1.13. The smallest absolute Gasteiger partial charge is 0.147 e. The van der Waals surface area contributed by atoms with Gasteiger partial charge < -0.3 is 0 Å². The molecule has 1 aromatic rings. The summed E-state index contributed by atoms with van der Waals surface area (Å²) in [5.74, 6) is -0.303. The van der Waals surface area contributed by atoms with Gasteiger partial charge in [-0.1, -0.05) is 28.1 Å². The molecule has 3 heteroatoms. The number of halogens is 2. The van der Waals surface area contributed by atoms with E-state index in [1.807, 2.05) is 0 Å². The maximum Gasteiger partial charge on any atom is 0.147 e. The molecule has 1 nitrogen and oxygen atoms in total. The van der Waals surface area contributed by atoms with Crippen LogP contribution in [0.15, 0.2) is 18.2 Å². The highest BCUT2D eigenvalue weighted by Crippen LogP contribution is 2.13. The normalized spacial score (nSPS) is 10.1. The van der Waals surface area contributed by atoms with Gasteiger partial charge in [0.05, 0.1) is 5.33 Å². The molecule has 0 heterocycles. The van der Waals surface area contributed by atoms with Gasteiger partial charge in [-0.15, -0.1) is 0 Å². The zero-order valence-corrected chi connectivity index (χ0v) is 8.90. The number of ketones is 1. The Bertz CT molecular complexity index is 302. The predicted octanol–water partition coefficient (Wildman–Crippen LogP) is 2.64. The van der Waals surface area contributed by atoms with Crippen LogP contribution in [0.4, 0.5) is 4.39 Å².